The summed E-state index contributed by atoms with van der Waals surface area (Å²) in [5.41, 5.74) is 1.02. The lowest BCUT2D eigenvalue weighted by Crippen LogP contribution is -2.49. The molecule has 1 aliphatic heterocycles. The summed E-state index contributed by atoms with van der Waals surface area (Å²) in [6.07, 6.45) is 4.48. The fraction of sp³-hybridized carbons (Fsp3) is 0.381. The van der Waals surface area contributed by atoms with Crippen molar-refractivity contribution in [1.29, 1.82) is 0 Å². The van der Waals surface area contributed by atoms with Crippen LogP contribution in [-0.4, -0.2) is 46.8 Å². The summed E-state index contributed by atoms with van der Waals surface area (Å²) in [7, 11) is 0. The highest BCUT2D eigenvalue weighted by atomic mass is 16.2. The lowest BCUT2D eigenvalue weighted by Gasteiger charge is -2.27. The SMILES string of the molecule is CC(C)C[C@H](C(=O)Nc1cccc(C(=O)N2CCNC(=O)C2)c1)n1cccc1. The predicted octanol–water partition coefficient (Wildman–Crippen LogP) is 2.29. The van der Waals surface area contributed by atoms with Crippen LogP contribution in [0.2, 0.25) is 0 Å². The van der Waals surface area contributed by atoms with E-state index in [1.165, 1.54) is 4.90 Å². The van der Waals surface area contributed by atoms with E-state index < -0.39 is 0 Å². The van der Waals surface area contributed by atoms with Crippen molar-refractivity contribution in [1.82, 2.24) is 14.8 Å². The molecule has 148 valence electrons. The summed E-state index contributed by atoms with van der Waals surface area (Å²) in [6.45, 7) is 5.15. The topological polar surface area (TPSA) is 83.4 Å². The number of hydrogen-bond donors (Lipinski definition) is 2. The van der Waals surface area contributed by atoms with Gasteiger partial charge in [0.25, 0.3) is 5.91 Å². The van der Waals surface area contributed by atoms with Crippen molar-refractivity contribution >= 4 is 23.4 Å². The van der Waals surface area contributed by atoms with Gasteiger partial charge in [0, 0.05) is 36.7 Å². The van der Waals surface area contributed by atoms with Crippen LogP contribution in [0, 0.1) is 5.92 Å². The number of piperazine rings is 1. The van der Waals surface area contributed by atoms with Gasteiger partial charge in [-0.15, -0.1) is 0 Å². The normalized spacial score (nSPS) is 15.2. The van der Waals surface area contributed by atoms with E-state index >= 15 is 0 Å². The van der Waals surface area contributed by atoms with Crippen molar-refractivity contribution in [3.05, 3.63) is 54.4 Å². The molecule has 1 fully saturated rings. The maximum absolute atomic E-state index is 12.9. The monoisotopic (exact) mass is 382 g/mol. The molecular formula is C21H26N4O3. The number of anilines is 1. The van der Waals surface area contributed by atoms with Crippen LogP contribution in [0.25, 0.3) is 0 Å². The van der Waals surface area contributed by atoms with Crippen LogP contribution in [0.1, 0.15) is 36.7 Å². The molecule has 0 radical (unpaired) electrons. The van der Waals surface area contributed by atoms with Gasteiger partial charge < -0.3 is 20.1 Å². The Hall–Kier alpha value is -3.09. The number of rotatable bonds is 6. The van der Waals surface area contributed by atoms with Gasteiger partial charge in [0.2, 0.25) is 11.8 Å². The third kappa shape index (κ3) is 4.79. The van der Waals surface area contributed by atoms with Crippen molar-refractivity contribution in [2.45, 2.75) is 26.3 Å². The predicted molar refractivity (Wildman–Crippen MR) is 107 cm³/mol. The van der Waals surface area contributed by atoms with Crippen LogP contribution < -0.4 is 10.6 Å². The average molecular weight is 382 g/mol. The molecule has 0 unspecified atom stereocenters. The van der Waals surface area contributed by atoms with E-state index in [1.54, 1.807) is 24.3 Å². The second kappa shape index (κ2) is 8.73. The Balaban J connectivity index is 1.73. The van der Waals surface area contributed by atoms with Gasteiger partial charge in [-0.05, 0) is 42.7 Å². The Morgan fingerprint density at radius 2 is 1.93 bits per heavy atom. The fourth-order valence-electron chi connectivity index (χ4n) is 3.32. The lowest BCUT2D eigenvalue weighted by molar-refractivity contribution is -0.123. The van der Waals surface area contributed by atoms with Gasteiger partial charge in [-0.2, -0.15) is 0 Å². The molecular weight excluding hydrogens is 356 g/mol. The highest BCUT2D eigenvalue weighted by Gasteiger charge is 2.24. The van der Waals surface area contributed by atoms with E-state index in [9.17, 15) is 14.4 Å². The molecule has 1 saturated heterocycles. The summed E-state index contributed by atoms with van der Waals surface area (Å²) in [6, 6.07) is 10.3. The summed E-state index contributed by atoms with van der Waals surface area (Å²) in [5.74, 6) is -0.134. The van der Waals surface area contributed by atoms with Gasteiger partial charge in [0.15, 0.2) is 0 Å². The lowest BCUT2D eigenvalue weighted by atomic mass is 10.0. The van der Waals surface area contributed by atoms with E-state index in [0.29, 0.717) is 36.7 Å². The molecule has 2 N–H and O–H groups in total. The van der Waals surface area contributed by atoms with E-state index in [0.717, 1.165) is 0 Å². The van der Waals surface area contributed by atoms with Crippen molar-refractivity contribution in [3.63, 3.8) is 0 Å². The minimum Gasteiger partial charge on any atom is -0.353 e. The van der Waals surface area contributed by atoms with E-state index in [4.69, 9.17) is 0 Å². The number of carbonyl (C=O) groups excluding carboxylic acids is 3. The third-order valence-corrected chi connectivity index (χ3v) is 4.69. The number of benzene rings is 1. The van der Waals surface area contributed by atoms with Gasteiger partial charge in [0.1, 0.15) is 6.04 Å². The highest BCUT2D eigenvalue weighted by molar-refractivity contribution is 5.99. The zero-order valence-electron chi connectivity index (χ0n) is 16.2. The maximum Gasteiger partial charge on any atom is 0.254 e. The van der Waals surface area contributed by atoms with E-state index in [-0.39, 0.29) is 30.3 Å². The van der Waals surface area contributed by atoms with Crippen LogP contribution in [0.4, 0.5) is 5.69 Å². The molecule has 7 nitrogen and oxygen atoms in total. The first-order chi connectivity index (χ1) is 13.4. The van der Waals surface area contributed by atoms with Crippen molar-refractivity contribution in [3.8, 4) is 0 Å². The summed E-state index contributed by atoms with van der Waals surface area (Å²) < 4.78 is 1.90. The van der Waals surface area contributed by atoms with E-state index in [1.807, 2.05) is 29.1 Å². The van der Waals surface area contributed by atoms with Crippen molar-refractivity contribution < 1.29 is 14.4 Å². The molecule has 1 aromatic carbocycles. The second-order valence-corrected chi connectivity index (χ2v) is 7.42. The Morgan fingerprint density at radius 1 is 1.18 bits per heavy atom. The first-order valence-electron chi connectivity index (χ1n) is 9.53. The van der Waals surface area contributed by atoms with Crippen LogP contribution in [0.3, 0.4) is 0 Å². The molecule has 0 bridgehead atoms. The van der Waals surface area contributed by atoms with Crippen molar-refractivity contribution in [2.75, 3.05) is 25.0 Å². The minimum atomic E-state index is -0.319. The molecule has 28 heavy (non-hydrogen) atoms. The van der Waals surface area contributed by atoms with E-state index in [2.05, 4.69) is 24.5 Å². The third-order valence-electron chi connectivity index (χ3n) is 4.69. The summed E-state index contributed by atoms with van der Waals surface area (Å²) in [4.78, 5) is 38.6. The fourth-order valence-corrected chi connectivity index (χ4v) is 3.32. The number of nitrogens with zero attached hydrogens (tertiary/aromatic N) is 2. The van der Waals surface area contributed by atoms with Gasteiger partial charge in [-0.3, -0.25) is 14.4 Å². The number of nitrogens with one attached hydrogen (secondary N) is 2. The Bertz CT molecular complexity index is 845. The highest BCUT2D eigenvalue weighted by Crippen LogP contribution is 2.21. The Labute approximate surface area is 164 Å². The standard InChI is InChI=1S/C21H26N4O3/c1-15(2)12-18(24-9-3-4-10-24)20(27)23-17-7-5-6-16(13-17)21(28)25-11-8-22-19(26)14-25/h3-7,9-10,13,15,18H,8,11-12,14H2,1-2H3,(H,22,26)(H,23,27)/t18-/m1/s1. The van der Waals surface area contributed by atoms with Gasteiger partial charge in [0.05, 0.1) is 6.54 Å². The van der Waals surface area contributed by atoms with Gasteiger partial charge in [-0.1, -0.05) is 19.9 Å². The van der Waals surface area contributed by atoms with Crippen LogP contribution in [0.5, 0.6) is 0 Å². The van der Waals surface area contributed by atoms with Crippen LogP contribution in [-0.2, 0) is 9.59 Å². The number of carbonyl (C=O) groups is 3. The van der Waals surface area contributed by atoms with Crippen LogP contribution >= 0.6 is 0 Å². The zero-order chi connectivity index (χ0) is 20.1. The smallest absolute Gasteiger partial charge is 0.254 e. The van der Waals surface area contributed by atoms with Crippen molar-refractivity contribution in [2.24, 2.45) is 5.92 Å². The maximum atomic E-state index is 12.9. The Kier molecular flexibility index (Phi) is 6.13. The number of amides is 3. The first-order valence-corrected chi connectivity index (χ1v) is 9.53. The summed E-state index contributed by atoms with van der Waals surface area (Å²) >= 11 is 0. The van der Waals surface area contributed by atoms with Gasteiger partial charge >= 0.3 is 0 Å². The largest absolute Gasteiger partial charge is 0.353 e. The first kappa shape index (κ1) is 19.7. The zero-order valence-corrected chi connectivity index (χ0v) is 16.2. The number of hydrogen-bond acceptors (Lipinski definition) is 3. The molecule has 3 amide bonds. The summed E-state index contributed by atoms with van der Waals surface area (Å²) in [5, 5.41) is 5.64. The molecule has 1 atom stereocenters. The molecule has 0 saturated carbocycles. The molecule has 2 heterocycles. The molecule has 0 aliphatic carbocycles. The minimum absolute atomic E-state index is 0.0551. The molecule has 2 aromatic rings. The average Bonchev–Trinajstić information content (AvgIpc) is 3.20. The second-order valence-electron chi connectivity index (χ2n) is 7.42. The molecule has 0 spiro atoms. The van der Waals surface area contributed by atoms with Crippen LogP contribution in [0.15, 0.2) is 48.8 Å². The molecule has 1 aromatic heterocycles. The molecule has 7 heteroatoms. The van der Waals surface area contributed by atoms with Gasteiger partial charge in [-0.25, -0.2) is 0 Å². The molecule has 1 aliphatic rings. The quantitative estimate of drug-likeness (QED) is 0.804. The Morgan fingerprint density at radius 3 is 2.61 bits per heavy atom. The molecule has 3 rings (SSSR count). The number of aromatic nitrogens is 1.